The highest BCUT2D eigenvalue weighted by atomic mass is 16.5. The Morgan fingerprint density at radius 1 is 1.07 bits per heavy atom. The lowest BCUT2D eigenvalue weighted by molar-refractivity contribution is -0.134. The largest absolute Gasteiger partial charge is 0.453 e. The van der Waals surface area contributed by atoms with Crippen molar-refractivity contribution in [2.75, 3.05) is 13.7 Å². The fourth-order valence-electron chi connectivity index (χ4n) is 5.93. The van der Waals surface area contributed by atoms with Crippen LogP contribution in [-0.2, 0) is 26.3 Å². The van der Waals surface area contributed by atoms with Gasteiger partial charge in [0.15, 0.2) is 5.96 Å². The van der Waals surface area contributed by atoms with Crippen LogP contribution in [0.25, 0.3) is 0 Å². The minimum atomic E-state index is -0.956. The molecule has 2 fully saturated rings. The summed E-state index contributed by atoms with van der Waals surface area (Å²) in [6, 6.07) is 18.3. The lowest BCUT2D eigenvalue weighted by Gasteiger charge is -2.31. The first kappa shape index (κ1) is 31.1. The summed E-state index contributed by atoms with van der Waals surface area (Å²) in [5.41, 5.74) is 0.853. The molecule has 1 saturated heterocycles. The average molecular weight is 576 g/mol. The fourth-order valence-corrected chi connectivity index (χ4v) is 5.93. The summed E-state index contributed by atoms with van der Waals surface area (Å²) in [6.45, 7) is 4.59. The number of rotatable bonds is 15. The average Bonchev–Trinajstić information content (AvgIpc) is 3.78. The summed E-state index contributed by atoms with van der Waals surface area (Å²) in [6.07, 6.45) is 5.87. The highest BCUT2D eigenvalue weighted by Crippen LogP contribution is 2.39. The van der Waals surface area contributed by atoms with E-state index in [1.165, 1.54) is 20.0 Å². The Bertz CT molecular complexity index is 1220. The topological polar surface area (TPSA) is 124 Å². The van der Waals surface area contributed by atoms with Crippen LogP contribution in [0.3, 0.4) is 0 Å². The molecular formula is C33H45N5O4. The highest BCUT2D eigenvalue weighted by molar-refractivity contribution is 6.08. The molecule has 3 amide bonds. The van der Waals surface area contributed by atoms with E-state index >= 15 is 0 Å². The number of hydrogen-bond donors (Lipinski definition) is 4. The van der Waals surface area contributed by atoms with Crippen molar-refractivity contribution in [2.24, 2.45) is 11.8 Å². The van der Waals surface area contributed by atoms with Crippen LogP contribution >= 0.6 is 0 Å². The lowest BCUT2D eigenvalue weighted by Crippen LogP contribution is -2.48. The first-order chi connectivity index (χ1) is 20.2. The zero-order valence-electron chi connectivity index (χ0n) is 25.0. The number of nitrogens with zero attached hydrogens (tertiary/aromatic N) is 1. The summed E-state index contributed by atoms with van der Waals surface area (Å²) < 4.78 is 4.73. The first-order valence-electron chi connectivity index (χ1n) is 15.2. The monoisotopic (exact) mass is 575 g/mol. The van der Waals surface area contributed by atoms with Gasteiger partial charge in [-0.25, -0.2) is 4.79 Å². The van der Waals surface area contributed by atoms with Crippen LogP contribution in [0.4, 0.5) is 4.79 Å². The zero-order chi connectivity index (χ0) is 30.1. The van der Waals surface area contributed by atoms with E-state index in [2.05, 4.69) is 29.8 Å². The van der Waals surface area contributed by atoms with Crippen LogP contribution < -0.4 is 16.0 Å². The summed E-state index contributed by atoms with van der Waals surface area (Å²) in [4.78, 5) is 40.9. The summed E-state index contributed by atoms with van der Waals surface area (Å²) in [5.74, 6) is 0.745. The number of methoxy groups -OCH3 is 1. The Balaban J connectivity index is 1.42. The molecule has 226 valence electrons. The van der Waals surface area contributed by atoms with Gasteiger partial charge in [-0.15, -0.1) is 0 Å². The van der Waals surface area contributed by atoms with Gasteiger partial charge >= 0.3 is 6.09 Å². The predicted octanol–water partition coefficient (Wildman–Crippen LogP) is 4.72. The fraction of sp³-hybridized carbons (Fsp3) is 0.515. The van der Waals surface area contributed by atoms with Gasteiger partial charge < -0.3 is 20.7 Å². The van der Waals surface area contributed by atoms with Crippen molar-refractivity contribution in [3.63, 3.8) is 0 Å². The third kappa shape index (κ3) is 7.89. The lowest BCUT2D eigenvalue weighted by atomic mass is 9.82. The molecule has 4 N–H and O–H groups in total. The van der Waals surface area contributed by atoms with Crippen LogP contribution in [0.15, 0.2) is 60.7 Å². The molecule has 1 heterocycles. The third-order valence-electron chi connectivity index (χ3n) is 8.20. The summed E-state index contributed by atoms with van der Waals surface area (Å²) >= 11 is 0. The maximum atomic E-state index is 14.2. The van der Waals surface area contributed by atoms with Gasteiger partial charge in [0.05, 0.1) is 7.11 Å². The van der Waals surface area contributed by atoms with Crippen molar-refractivity contribution in [3.8, 4) is 0 Å². The summed E-state index contributed by atoms with van der Waals surface area (Å²) in [5, 5.41) is 17.8. The SMILES string of the molecule is COC(=O)N[C@@H](Cc1ccccc1)C(=O)NCCCC(CCC1CC1)N1C(=N)NC(CC(C)C)(c2ccccc2)C1=O. The van der Waals surface area contributed by atoms with E-state index in [1.54, 1.807) is 4.90 Å². The number of carbonyl (C=O) groups is 3. The molecule has 2 aromatic rings. The van der Waals surface area contributed by atoms with Gasteiger partial charge in [0.1, 0.15) is 11.6 Å². The normalized spacial score (nSPS) is 19.8. The number of nitrogens with one attached hydrogen (secondary N) is 4. The molecule has 2 unspecified atom stereocenters. The highest BCUT2D eigenvalue weighted by Gasteiger charge is 2.52. The molecule has 0 spiro atoms. The number of hydrogen-bond acceptors (Lipinski definition) is 5. The molecule has 0 aromatic heterocycles. The third-order valence-corrected chi connectivity index (χ3v) is 8.20. The second-order valence-corrected chi connectivity index (χ2v) is 12.0. The van der Waals surface area contributed by atoms with Gasteiger partial charge in [0, 0.05) is 19.0 Å². The molecule has 9 nitrogen and oxygen atoms in total. The Morgan fingerprint density at radius 2 is 1.74 bits per heavy atom. The Kier molecular flexibility index (Phi) is 10.6. The molecule has 1 aliphatic heterocycles. The number of amides is 3. The maximum absolute atomic E-state index is 14.2. The van der Waals surface area contributed by atoms with E-state index in [-0.39, 0.29) is 29.7 Å². The Morgan fingerprint density at radius 3 is 2.36 bits per heavy atom. The van der Waals surface area contributed by atoms with E-state index in [0.717, 1.165) is 24.0 Å². The van der Waals surface area contributed by atoms with Crippen LogP contribution in [0.5, 0.6) is 0 Å². The van der Waals surface area contributed by atoms with Gasteiger partial charge in [-0.3, -0.25) is 19.9 Å². The Hall–Kier alpha value is -3.88. The van der Waals surface area contributed by atoms with Crippen LogP contribution in [0, 0.1) is 17.2 Å². The number of guanidine groups is 1. The van der Waals surface area contributed by atoms with Crippen molar-refractivity contribution in [2.45, 2.75) is 82.8 Å². The molecule has 2 aromatic carbocycles. The van der Waals surface area contributed by atoms with Gasteiger partial charge in [-0.2, -0.15) is 0 Å². The standard InChI is InChI=1S/C33H45N5O4/c1-23(2)22-33(26-13-8-5-9-14-26)30(40)38(31(34)37-33)27(19-18-24-16-17-24)15-10-20-35-29(39)28(36-32(41)42-3)21-25-11-6-4-7-12-25/h4-9,11-14,23-24,27-28H,10,15-22H2,1-3H3,(H2,34,37)(H,35,39)(H,36,41)/t27?,28-,33?/m0/s1. The van der Waals surface area contributed by atoms with Crippen molar-refractivity contribution in [1.29, 1.82) is 5.41 Å². The molecular weight excluding hydrogens is 530 g/mol. The number of carbonyl (C=O) groups excluding carboxylic acids is 3. The first-order valence-corrected chi connectivity index (χ1v) is 15.2. The Labute approximate surface area is 249 Å². The molecule has 2 aliphatic rings. The molecule has 3 atom stereocenters. The quantitative estimate of drug-likeness (QED) is 0.229. The van der Waals surface area contributed by atoms with E-state index in [4.69, 9.17) is 10.1 Å². The predicted molar refractivity (Wildman–Crippen MR) is 163 cm³/mol. The van der Waals surface area contributed by atoms with Crippen LogP contribution in [0.2, 0.25) is 0 Å². The van der Waals surface area contributed by atoms with E-state index in [0.29, 0.717) is 38.1 Å². The summed E-state index contributed by atoms with van der Waals surface area (Å²) in [7, 11) is 1.27. The molecule has 9 heteroatoms. The van der Waals surface area contributed by atoms with E-state index < -0.39 is 17.7 Å². The van der Waals surface area contributed by atoms with Gasteiger partial charge in [-0.1, -0.05) is 87.4 Å². The minimum absolute atomic E-state index is 0.0672. The van der Waals surface area contributed by atoms with Gasteiger partial charge in [-0.05, 0) is 55.1 Å². The van der Waals surface area contributed by atoms with Gasteiger partial charge in [0.2, 0.25) is 5.91 Å². The van der Waals surface area contributed by atoms with Gasteiger partial charge in [0.25, 0.3) is 5.91 Å². The molecule has 1 aliphatic carbocycles. The molecule has 0 radical (unpaired) electrons. The van der Waals surface area contributed by atoms with Crippen molar-refractivity contribution >= 4 is 23.9 Å². The van der Waals surface area contributed by atoms with Crippen LogP contribution in [-0.4, -0.2) is 54.5 Å². The maximum Gasteiger partial charge on any atom is 0.407 e. The molecule has 42 heavy (non-hydrogen) atoms. The second kappa shape index (κ2) is 14.3. The second-order valence-electron chi connectivity index (χ2n) is 12.0. The van der Waals surface area contributed by atoms with Crippen molar-refractivity contribution < 1.29 is 19.1 Å². The molecule has 0 bridgehead atoms. The zero-order valence-corrected chi connectivity index (χ0v) is 25.0. The smallest absolute Gasteiger partial charge is 0.407 e. The van der Waals surface area contributed by atoms with Crippen molar-refractivity contribution in [1.82, 2.24) is 20.9 Å². The minimum Gasteiger partial charge on any atom is -0.453 e. The molecule has 1 saturated carbocycles. The van der Waals surface area contributed by atoms with E-state index in [1.807, 2.05) is 60.7 Å². The van der Waals surface area contributed by atoms with E-state index in [9.17, 15) is 14.4 Å². The number of benzene rings is 2. The number of alkyl carbamates (subject to hydrolysis) is 1. The van der Waals surface area contributed by atoms with Crippen molar-refractivity contribution in [3.05, 3.63) is 71.8 Å². The van der Waals surface area contributed by atoms with Crippen LogP contribution in [0.1, 0.15) is 69.9 Å². The number of ether oxygens (including phenoxy) is 1. The molecule has 4 rings (SSSR count).